The van der Waals surface area contributed by atoms with Gasteiger partial charge in [-0.15, -0.1) is 5.10 Å². The highest BCUT2D eigenvalue weighted by atomic mass is 35.5. The van der Waals surface area contributed by atoms with Gasteiger partial charge in [0.15, 0.2) is 10.9 Å². The SMILES string of the molecule is CC(=O)Cn1nc(Cl)nc1Sc1ccccc1N. The van der Waals surface area contributed by atoms with Crippen LogP contribution < -0.4 is 5.73 Å². The molecular formula is C11H11ClN4OS. The first-order valence-electron chi connectivity index (χ1n) is 5.18. The molecule has 0 spiro atoms. The first-order valence-corrected chi connectivity index (χ1v) is 6.38. The molecule has 0 radical (unpaired) electrons. The molecule has 5 nitrogen and oxygen atoms in total. The number of hydrogen-bond acceptors (Lipinski definition) is 5. The maximum atomic E-state index is 11.1. The second kappa shape index (κ2) is 5.41. The van der Waals surface area contributed by atoms with Gasteiger partial charge in [-0.2, -0.15) is 4.98 Å². The zero-order chi connectivity index (χ0) is 13.1. The summed E-state index contributed by atoms with van der Waals surface area (Å²) in [6.07, 6.45) is 0. The molecule has 0 saturated heterocycles. The molecule has 0 unspecified atom stereocenters. The minimum absolute atomic E-state index is 0.0144. The number of ketones is 1. The molecule has 1 heterocycles. The van der Waals surface area contributed by atoms with Crippen molar-refractivity contribution in [3.8, 4) is 0 Å². The van der Waals surface area contributed by atoms with Gasteiger partial charge in [0.1, 0.15) is 6.54 Å². The highest BCUT2D eigenvalue weighted by Gasteiger charge is 2.12. The highest BCUT2D eigenvalue weighted by molar-refractivity contribution is 7.99. The lowest BCUT2D eigenvalue weighted by molar-refractivity contribution is -0.117. The van der Waals surface area contributed by atoms with E-state index in [4.69, 9.17) is 17.3 Å². The van der Waals surface area contributed by atoms with Crippen LogP contribution in [-0.2, 0) is 11.3 Å². The third-order valence-electron chi connectivity index (χ3n) is 2.10. The average Bonchev–Trinajstić information content (AvgIpc) is 2.61. The Morgan fingerprint density at radius 2 is 2.22 bits per heavy atom. The summed E-state index contributed by atoms with van der Waals surface area (Å²) in [5.74, 6) is -0.0144. The van der Waals surface area contributed by atoms with Gasteiger partial charge < -0.3 is 5.73 Å². The number of anilines is 1. The van der Waals surface area contributed by atoms with Crippen molar-refractivity contribution in [3.05, 3.63) is 29.5 Å². The Balaban J connectivity index is 2.29. The summed E-state index contributed by atoms with van der Waals surface area (Å²) in [5, 5.41) is 4.63. The fraction of sp³-hybridized carbons (Fsp3) is 0.182. The molecule has 18 heavy (non-hydrogen) atoms. The number of halogens is 1. The van der Waals surface area contributed by atoms with Crippen molar-refractivity contribution in [1.29, 1.82) is 0 Å². The van der Waals surface area contributed by atoms with E-state index in [1.807, 2.05) is 18.2 Å². The van der Waals surface area contributed by atoms with Crippen LogP contribution in [0, 0.1) is 0 Å². The zero-order valence-electron chi connectivity index (χ0n) is 9.63. The van der Waals surface area contributed by atoms with Gasteiger partial charge >= 0.3 is 0 Å². The summed E-state index contributed by atoms with van der Waals surface area (Å²) in [6.45, 7) is 1.63. The maximum absolute atomic E-state index is 11.1. The largest absolute Gasteiger partial charge is 0.398 e. The Labute approximate surface area is 113 Å². The van der Waals surface area contributed by atoms with Crippen molar-refractivity contribution >= 4 is 34.8 Å². The fourth-order valence-electron chi connectivity index (χ4n) is 1.36. The number of benzene rings is 1. The van der Waals surface area contributed by atoms with Crippen LogP contribution in [0.4, 0.5) is 5.69 Å². The Morgan fingerprint density at radius 3 is 2.89 bits per heavy atom. The molecule has 0 atom stereocenters. The molecule has 1 aromatic heterocycles. The smallest absolute Gasteiger partial charge is 0.243 e. The minimum atomic E-state index is -0.0144. The van der Waals surface area contributed by atoms with Gasteiger partial charge in [-0.1, -0.05) is 12.1 Å². The lowest BCUT2D eigenvalue weighted by Gasteiger charge is -2.05. The van der Waals surface area contributed by atoms with Gasteiger partial charge in [0.25, 0.3) is 0 Å². The molecule has 7 heteroatoms. The number of aromatic nitrogens is 3. The van der Waals surface area contributed by atoms with E-state index >= 15 is 0 Å². The molecule has 0 aliphatic heterocycles. The highest BCUT2D eigenvalue weighted by Crippen LogP contribution is 2.31. The summed E-state index contributed by atoms with van der Waals surface area (Å²) >= 11 is 7.09. The molecule has 0 aliphatic rings. The number of nitrogens with two attached hydrogens (primary N) is 1. The number of nitrogens with zero attached hydrogens (tertiary/aromatic N) is 3. The van der Waals surface area contributed by atoms with Crippen LogP contribution in [0.15, 0.2) is 34.3 Å². The minimum Gasteiger partial charge on any atom is -0.398 e. The van der Waals surface area contributed by atoms with Gasteiger partial charge in [-0.3, -0.25) is 4.79 Å². The first kappa shape index (κ1) is 12.9. The van der Waals surface area contributed by atoms with Gasteiger partial charge in [-0.05, 0) is 42.4 Å². The standard InChI is InChI=1S/C11H11ClN4OS/c1-7(17)6-16-11(14-10(12)15-16)18-9-5-3-2-4-8(9)13/h2-5H,6,13H2,1H3. The van der Waals surface area contributed by atoms with Crippen LogP contribution in [0.25, 0.3) is 0 Å². The number of nitrogen functional groups attached to an aromatic ring is 1. The third kappa shape index (κ3) is 3.02. The molecule has 2 aromatic rings. The Morgan fingerprint density at radius 1 is 1.50 bits per heavy atom. The van der Waals surface area contributed by atoms with E-state index in [9.17, 15) is 4.79 Å². The molecule has 94 valence electrons. The van der Waals surface area contributed by atoms with E-state index in [-0.39, 0.29) is 17.6 Å². The third-order valence-corrected chi connectivity index (χ3v) is 3.34. The van der Waals surface area contributed by atoms with E-state index in [2.05, 4.69) is 10.1 Å². The van der Waals surface area contributed by atoms with Crippen LogP contribution >= 0.6 is 23.4 Å². The van der Waals surface area contributed by atoms with Gasteiger partial charge in [-0.25, -0.2) is 4.68 Å². The van der Waals surface area contributed by atoms with Crippen LogP contribution in [0.2, 0.25) is 5.28 Å². The van der Waals surface area contributed by atoms with E-state index in [0.29, 0.717) is 10.8 Å². The second-order valence-corrected chi connectivity index (χ2v) is 5.01. The van der Waals surface area contributed by atoms with Crippen molar-refractivity contribution < 1.29 is 4.79 Å². The van der Waals surface area contributed by atoms with Crippen LogP contribution in [0.5, 0.6) is 0 Å². The van der Waals surface area contributed by atoms with E-state index in [1.165, 1.54) is 23.4 Å². The summed E-state index contributed by atoms with van der Waals surface area (Å²) in [4.78, 5) is 16.1. The fourth-order valence-corrected chi connectivity index (χ4v) is 2.46. The normalized spacial score (nSPS) is 10.6. The van der Waals surface area contributed by atoms with Crippen molar-refractivity contribution in [3.63, 3.8) is 0 Å². The summed E-state index contributed by atoms with van der Waals surface area (Å²) in [5.41, 5.74) is 6.50. The lowest BCUT2D eigenvalue weighted by Crippen LogP contribution is -2.09. The number of carbonyl (C=O) groups excluding carboxylic acids is 1. The van der Waals surface area contributed by atoms with Gasteiger partial charge in [0.2, 0.25) is 5.28 Å². The molecule has 0 fully saturated rings. The number of hydrogen-bond donors (Lipinski definition) is 1. The topological polar surface area (TPSA) is 73.8 Å². The van der Waals surface area contributed by atoms with Crippen molar-refractivity contribution in [2.75, 3.05) is 5.73 Å². The quantitative estimate of drug-likeness (QED) is 0.871. The van der Waals surface area contributed by atoms with E-state index < -0.39 is 0 Å². The predicted octanol–water partition coefficient (Wildman–Crippen LogP) is 2.25. The van der Waals surface area contributed by atoms with Crippen LogP contribution in [-0.4, -0.2) is 20.5 Å². The second-order valence-electron chi connectivity index (χ2n) is 3.66. The van der Waals surface area contributed by atoms with Crippen molar-refractivity contribution in [2.24, 2.45) is 0 Å². The van der Waals surface area contributed by atoms with Gasteiger partial charge in [0.05, 0.1) is 0 Å². The molecule has 0 aliphatic carbocycles. The van der Waals surface area contributed by atoms with Crippen LogP contribution in [0.1, 0.15) is 6.92 Å². The average molecular weight is 283 g/mol. The molecule has 0 saturated carbocycles. The van der Waals surface area contributed by atoms with Crippen LogP contribution in [0.3, 0.4) is 0 Å². The Kier molecular flexibility index (Phi) is 3.88. The summed E-state index contributed by atoms with van der Waals surface area (Å²) in [7, 11) is 0. The lowest BCUT2D eigenvalue weighted by atomic mass is 10.3. The molecular weight excluding hydrogens is 272 g/mol. The molecule has 0 amide bonds. The zero-order valence-corrected chi connectivity index (χ0v) is 11.2. The van der Waals surface area contributed by atoms with Crippen molar-refractivity contribution in [1.82, 2.24) is 14.8 Å². The predicted molar refractivity (Wildman–Crippen MR) is 70.7 cm³/mol. The molecule has 2 N–H and O–H groups in total. The monoisotopic (exact) mass is 282 g/mol. The van der Waals surface area contributed by atoms with E-state index in [1.54, 1.807) is 6.07 Å². The summed E-state index contributed by atoms with van der Waals surface area (Å²) < 4.78 is 1.47. The molecule has 0 bridgehead atoms. The van der Waals surface area contributed by atoms with Gasteiger partial charge in [0, 0.05) is 10.6 Å². The Bertz CT molecular complexity index is 584. The van der Waals surface area contributed by atoms with E-state index in [0.717, 1.165) is 4.90 Å². The Hall–Kier alpha value is -1.53. The number of para-hydroxylation sites is 1. The molecule has 2 rings (SSSR count). The summed E-state index contributed by atoms with van der Waals surface area (Å²) in [6, 6.07) is 7.41. The number of Topliss-reactive ketones (excluding diaryl/α,β-unsaturated/α-hetero) is 1. The molecule has 1 aromatic carbocycles. The number of rotatable bonds is 4. The van der Waals surface area contributed by atoms with Crippen molar-refractivity contribution in [2.45, 2.75) is 23.5 Å². The first-order chi connectivity index (χ1) is 8.56. The maximum Gasteiger partial charge on any atom is 0.243 e. The number of carbonyl (C=O) groups is 1.